The van der Waals surface area contributed by atoms with E-state index >= 15 is 0 Å². The SMILES string of the molecule is O=C(Nc1nc2ccc(Cl)cc2s1)c1nn(-c2ccc(F)cc2)ccc1=O. The first-order valence-corrected chi connectivity index (χ1v) is 8.92. The number of hydrogen-bond acceptors (Lipinski definition) is 5. The van der Waals surface area contributed by atoms with Gasteiger partial charge in [-0.25, -0.2) is 14.1 Å². The molecule has 2 aromatic heterocycles. The fourth-order valence-corrected chi connectivity index (χ4v) is 3.55. The smallest absolute Gasteiger partial charge is 0.281 e. The maximum atomic E-state index is 13.1. The first kappa shape index (κ1) is 17.3. The van der Waals surface area contributed by atoms with Gasteiger partial charge in [0.2, 0.25) is 5.43 Å². The van der Waals surface area contributed by atoms with E-state index in [0.717, 1.165) is 4.70 Å². The van der Waals surface area contributed by atoms with Crippen LogP contribution >= 0.6 is 22.9 Å². The molecular weight excluding hydrogens is 391 g/mol. The molecule has 0 fully saturated rings. The minimum Gasteiger partial charge on any atom is -0.296 e. The third kappa shape index (κ3) is 3.57. The second-order valence-corrected chi connectivity index (χ2v) is 7.00. The summed E-state index contributed by atoms with van der Waals surface area (Å²) in [7, 11) is 0. The molecule has 2 heterocycles. The van der Waals surface area contributed by atoms with E-state index in [1.807, 2.05) is 0 Å². The second-order valence-electron chi connectivity index (χ2n) is 5.53. The van der Waals surface area contributed by atoms with Crippen molar-refractivity contribution in [1.82, 2.24) is 14.8 Å². The summed E-state index contributed by atoms with van der Waals surface area (Å²) in [5, 5.41) is 7.54. The Kier molecular flexibility index (Phi) is 4.43. The summed E-state index contributed by atoms with van der Waals surface area (Å²) in [6.07, 6.45) is 1.41. The van der Waals surface area contributed by atoms with Crippen LogP contribution in [0.15, 0.2) is 59.5 Å². The van der Waals surface area contributed by atoms with Gasteiger partial charge >= 0.3 is 0 Å². The van der Waals surface area contributed by atoms with Crippen LogP contribution in [0.5, 0.6) is 0 Å². The Hall–Kier alpha value is -3.10. The monoisotopic (exact) mass is 400 g/mol. The molecule has 2 aromatic carbocycles. The van der Waals surface area contributed by atoms with Crippen LogP contribution in [0.25, 0.3) is 15.9 Å². The molecule has 4 aromatic rings. The normalized spacial score (nSPS) is 10.9. The van der Waals surface area contributed by atoms with Crippen molar-refractivity contribution in [2.45, 2.75) is 0 Å². The Bertz CT molecular complexity index is 1220. The van der Waals surface area contributed by atoms with E-state index < -0.39 is 17.2 Å². The van der Waals surface area contributed by atoms with E-state index in [1.165, 1.54) is 52.5 Å². The van der Waals surface area contributed by atoms with Crippen molar-refractivity contribution in [3.63, 3.8) is 0 Å². The first-order chi connectivity index (χ1) is 13.0. The van der Waals surface area contributed by atoms with Crippen LogP contribution in [0.1, 0.15) is 10.5 Å². The summed E-state index contributed by atoms with van der Waals surface area (Å²) in [6, 6.07) is 11.9. The van der Waals surface area contributed by atoms with Crippen molar-refractivity contribution in [3.05, 3.63) is 81.5 Å². The van der Waals surface area contributed by atoms with Crippen LogP contribution < -0.4 is 10.7 Å². The van der Waals surface area contributed by atoms with E-state index in [4.69, 9.17) is 11.6 Å². The lowest BCUT2D eigenvalue weighted by atomic mass is 10.3. The number of rotatable bonds is 3. The number of halogens is 2. The summed E-state index contributed by atoms with van der Waals surface area (Å²) < 4.78 is 15.2. The molecule has 0 unspecified atom stereocenters. The van der Waals surface area contributed by atoms with Gasteiger partial charge in [-0.3, -0.25) is 14.9 Å². The van der Waals surface area contributed by atoms with Crippen LogP contribution in [0.3, 0.4) is 0 Å². The van der Waals surface area contributed by atoms with Gasteiger partial charge in [0.15, 0.2) is 10.8 Å². The number of carbonyl (C=O) groups is 1. The zero-order valence-electron chi connectivity index (χ0n) is 13.5. The highest BCUT2D eigenvalue weighted by molar-refractivity contribution is 7.22. The molecule has 0 aliphatic carbocycles. The number of nitrogens with one attached hydrogen (secondary N) is 1. The second kappa shape index (κ2) is 6.90. The van der Waals surface area contributed by atoms with Crippen LogP contribution in [-0.4, -0.2) is 20.7 Å². The Morgan fingerprint density at radius 1 is 1.15 bits per heavy atom. The predicted octanol–water partition coefficient (Wildman–Crippen LogP) is 3.89. The van der Waals surface area contributed by atoms with Gasteiger partial charge in [0, 0.05) is 17.3 Å². The average molecular weight is 401 g/mol. The number of aromatic nitrogens is 3. The topological polar surface area (TPSA) is 76.9 Å². The fourth-order valence-electron chi connectivity index (χ4n) is 2.41. The number of carbonyl (C=O) groups excluding carboxylic acids is 1. The van der Waals surface area contributed by atoms with Crippen LogP contribution in [0.2, 0.25) is 5.02 Å². The molecule has 0 aliphatic rings. The van der Waals surface area contributed by atoms with E-state index in [-0.39, 0.29) is 5.69 Å². The highest BCUT2D eigenvalue weighted by Crippen LogP contribution is 2.28. The van der Waals surface area contributed by atoms with Crippen LogP contribution in [0.4, 0.5) is 9.52 Å². The molecule has 27 heavy (non-hydrogen) atoms. The van der Waals surface area contributed by atoms with E-state index in [2.05, 4.69) is 15.4 Å². The number of anilines is 1. The zero-order valence-corrected chi connectivity index (χ0v) is 15.1. The Balaban J connectivity index is 1.65. The van der Waals surface area contributed by atoms with Crippen molar-refractivity contribution in [2.24, 2.45) is 0 Å². The predicted molar refractivity (Wildman–Crippen MR) is 102 cm³/mol. The van der Waals surface area contributed by atoms with Gasteiger partial charge in [0.25, 0.3) is 5.91 Å². The number of hydrogen-bond donors (Lipinski definition) is 1. The largest absolute Gasteiger partial charge is 0.296 e. The van der Waals surface area contributed by atoms with E-state index in [9.17, 15) is 14.0 Å². The quantitative estimate of drug-likeness (QED) is 0.566. The maximum Gasteiger partial charge on any atom is 0.281 e. The van der Waals surface area contributed by atoms with Gasteiger partial charge in [0.1, 0.15) is 5.82 Å². The van der Waals surface area contributed by atoms with Crippen molar-refractivity contribution in [2.75, 3.05) is 5.32 Å². The summed E-state index contributed by atoms with van der Waals surface area (Å²) in [4.78, 5) is 28.9. The lowest BCUT2D eigenvalue weighted by Gasteiger charge is -2.07. The molecule has 1 amide bonds. The van der Waals surface area contributed by atoms with Crippen molar-refractivity contribution >= 4 is 44.2 Å². The number of fused-ring (bicyclic) bond motifs is 1. The Morgan fingerprint density at radius 3 is 2.70 bits per heavy atom. The van der Waals surface area contributed by atoms with Gasteiger partial charge in [-0.1, -0.05) is 22.9 Å². The van der Waals surface area contributed by atoms with Crippen LogP contribution in [-0.2, 0) is 0 Å². The summed E-state index contributed by atoms with van der Waals surface area (Å²) in [6.45, 7) is 0. The fraction of sp³-hybridized carbons (Fsp3) is 0. The maximum absolute atomic E-state index is 13.1. The van der Waals surface area contributed by atoms with Gasteiger partial charge < -0.3 is 0 Å². The molecule has 134 valence electrons. The Labute approximate surface area is 160 Å². The van der Waals surface area contributed by atoms with E-state index in [0.29, 0.717) is 21.4 Å². The molecule has 4 rings (SSSR count). The minimum atomic E-state index is -0.679. The molecule has 0 saturated heterocycles. The molecule has 0 aliphatic heterocycles. The summed E-state index contributed by atoms with van der Waals surface area (Å²) in [5.74, 6) is -1.07. The standard InChI is InChI=1S/C18H10ClFN4O2S/c19-10-1-6-13-15(9-10)27-18(21-13)22-17(26)16-14(25)7-8-24(23-16)12-4-2-11(20)3-5-12/h1-9H,(H,21,22,26). The van der Waals surface area contributed by atoms with Crippen LogP contribution in [0, 0.1) is 5.82 Å². The molecule has 0 radical (unpaired) electrons. The highest BCUT2D eigenvalue weighted by Gasteiger charge is 2.16. The number of nitrogens with zero attached hydrogens (tertiary/aromatic N) is 3. The van der Waals surface area contributed by atoms with Gasteiger partial charge in [-0.05, 0) is 42.5 Å². The number of amides is 1. The minimum absolute atomic E-state index is 0.292. The average Bonchev–Trinajstić information content (AvgIpc) is 3.04. The Morgan fingerprint density at radius 2 is 1.93 bits per heavy atom. The highest BCUT2D eigenvalue weighted by atomic mass is 35.5. The lowest BCUT2D eigenvalue weighted by Crippen LogP contribution is -2.25. The van der Waals surface area contributed by atoms with Gasteiger partial charge in [-0.15, -0.1) is 0 Å². The number of benzene rings is 2. The third-order valence-electron chi connectivity index (χ3n) is 3.69. The molecule has 6 nitrogen and oxygen atoms in total. The van der Waals surface area contributed by atoms with E-state index in [1.54, 1.807) is 18.2 Å². The molecule has 1 N–H and O–H groups in total. The van der Waals surface area contributed by atoms with Crippen molar-refractivity contribution < 1.29 is 9.18 Å². The lowest BCUT2D eigenvalue weighted by molar-refractivity contribution is 0.101. The van der Waals surface area contributed by atoms with Crippen molar-refractivity contribution in [3.8, 4) is 5.69 Å². The molecule has 0 spiro atoms. The zero-order chi connectivity index (χ0) is 19.0. The molecule has 0 atom stereocenters. The summed E-state index contributed by atoms with van der Waals surface area (Å²) in [5.41, 5.74) is 0.374. The third-order valence-corrected chi connectivity index (χ3v) is 4.85. The molecule has 0 saturated carbocycles. The summed E-state index contributed by atoms with van der Waals surface area (Å²) >= 11 is 7.19. The first-order valence-electron chi connectivity index (χ1n) is 7.73. The molecule has 9 heteroatoms. The molecular formula is C18H10ClFN4O2S. The van der Waals surface area contributed by atoms with Gasteiger partial charge in [-0.2, -0.15) is 5.10 Å². The van der Waals surface area contributed by atoms with Gasteiger partial charge in [0.05, 0.1) is 15.9 Å². The number of thiazole rings is 1. The van der Waals surface area contributed by atoms with Crippen molar-refractivity contribution in [1.29, 1.82) is 0 Å². The molecule has 0 bridgehead atoms.